The number of nitrogens with one attached hydrogen (secondary N) is 3. The van der Waals surface area contributed by atoms with Gasteiger partial charge in [0.25, 0.3) is 0 Å². The Morgan fingerprint density at radius 1 is 0.897 bits per heavy atom. The molecule has 2 aromatic rings. The molecule has 9 nitrogen and oxygen atoms in total. The van der Waals surface area contributed by atoms with Gasteiger partial charge in [-0.2, -0.15) is 0 Å². The Bertz CT molecular complexity index is 1240. The number of likely N-dealkylation sites (tertiary alicyclic amines) is 1. The number of dihydropyridines is 1. The third kappa shape index (κ3) is 6.86. The lowest BCUT2D eigenvalue weighted by Crippen LogP contribution is -2.36. The van der Waals surface area contributed by atoms with E-state index in [-0.39, 0.29) is 17.2 Å². The normalized spacial score (nSPS) is 17.1. The van der Waals surface area contributed by atoms with Crippen molar-refractivity contribution >= 4 is 23.7 Å². The number of carboxylic acid groups (broad SMARTS) is 2. The van der Waals surface area contributed by atoms with E-state index in [1.165, 1.54) is 5.56 Å². The number of piperidine rings is 1. The molecule has 0 unspecified atom stereocenters. The van der Waals surface area contributed by atoms with Crippen LogP contribution >= 0.6 is 0 Å². The molecule has 2 heterocycles. The van der Waals surface area contributed by atoms with Crippen LogP contribution in [0.5, 0.6) is 0 Å². The first-order valence-corrected chi connectivity index (χ1v) is 13.3. The second-order valence-corrected chi connectivity index (χ2v) is 10.1. The minimum Gasteiger partial charge on any atom is -0.478 e. The minimum absolute atomic E-state index is 0.0348. The Kier molecular flexibility index (Phi) is 9.03. The van der Waals surface area contributed by atoms with E-state index in [9.17, 15) is 24.6 Å². The Morgan fingerprint density at radius 2 is 1.51 bits per heavy atom. The van der Waals surface area contributed by atoms with Crippen LogP contribution in [-0.2, 0) is 9.59 Å². The van der Waals surface area contributed by atoms with Crippen molar-refractivity contribution in [3.63, 3.8) is 0 Å². The molecule has 0 aromatic heterocycles. The fourth-order valence-corrected chi connectivity index (χ4v) is 5.59. The van der Waals surface area contributed by atoms with E-state index in [4.69, 9.17) is 0 Å². The van der Waals surface area contributed by atoms with Crippen molar-refractivity contribution in [3.05, 3.63) is 88.3 Å². The monoisotopic (exact) mass is 532 g/mol. The lowest BCUT2D eigenvalue weighted by molar-refractivity contribution is -0.133. The maximum absolute atomic E-state index is 12.5. The van der Waals surface area contributed by atoms with Gasteiger partial charge in [-0.05, 0) is 81.9 Å². The number of anilines is 1. The van der Waals surface area contributed by atoms with E-state index in [1.807, 2.05) is 6.07 Å². The van der Waals surface area contributed by atoms with Crippen molar-refractivity contribution in [2.45, 2.75) is 44.9 Å². The molecule has 9 heteroatoms. The zero-order valence-electron chi connectivity index (χ0n) is 22.4. The molecular formula is C30H36N4O5. The molecule has 0 saturated carbocycles. The van der Waals surface area contributed by atoms with Crippen molar-refractivity contribution in [2.24, 2.45) is 0 Å². The van der Waals surface area contributed by atoms with Gasteiger partial charge in [0.05, 0.1) is 17.1 Å². The van der Waals surface area contributed by atoms with E-state index in [1.54, 1.807) is 38.1 Å². The number of rotatable bonds is 9. The molecule has 5 N–H and O–H groups in total. The molecule has 2 amide bonds. The molecule has 2 aliphatic rings. The molecule has 2 aliphatic heterocycles. The smallest absolute Gasteiger partial charge is 0.334 e. The number of amides is 2. The summed E-state index contributed by atoms with van der Waals surface area (Å²) in [4.78, 5) is 39.0. The lowest BCUT2D eigenvalue weighted by atomic mass is 9.80. The predicted molar refractivity (Wildman–Crippen MR) is 149 cm³/mol. The SMILES string of the molecule is CC1=C(C(=O)O)C(c2cccc(NC(=O)NCCCN3CCC(c4ccccc4)CC3)c2)C(C(=O)O)=C(C)N1. The topological polar surface area (TPSA) is 131 Å². The highest BCUT2D eigenvalue weighted by molar-refractivity contribution is 5.98. The number of urea groups is 1. The number of nitrogens with zero attached hydrogens (tertiary/aromatic N) is 1. The first-order chi connectivity index (χ1) is 18.7. The van der Waals surface area contributed by atoms with Gasteiger partial charge in [-0.1, -0.05) is 42.5 Å². The van der Waals surface area contributed by atoms with Gasteiger partial charge >= 0.3 is 18.0 Å². The summed E-state index contributed by atoms with van der Waals surface area (Å²) in [6, 6.07) is 16.9. The molecule has 4 rings (SSSR count). The maximum Gasteiger partial charge on any atom is 0.334 e. The van der Waals surface area contributed by atoms with Crippen LogP contribution in [0.3, 0.4) is 0 Å². The van der Waals surface area contributed by atoms with E-state index in [2.05, 4.69) is 45.1 Å². The summed E-state index contributed by atoms with van der Waals surface area (Å²) in [6.07, 6.45) is 3.11. The number of hydrogen-bond donors (Lipinski definition) is 5. The van der Waals surface area contributed by atoms with Crippen LogP contribution in [0.4, 0.5) is 10.5 Å². The average molecular weight is 533 g/mol. The van der Waals surface area contributed by atoms with Crippen LogP contribution < -0.4 is 16.0 Å². The molecule has 206 valence electrons. The Balaban J connectivity index is 1.29. The van der Waals surface area contributed by atoms with Crippen LogP contribution in [0.25, 0.3) is 0 Å². The Morgan fingerprint density at radius 3 is 2.13 bits per heavy atom. The summed E-state index contributed by atoms with van der Waals surface area (Å²) in [5, 5.41) is 28.2. The highest BCUT2D eigenvalue weighted by Crippen LogP contribution is 2.39. The number of carbonyl (C=O) groups excluding carboxylic acids is 1. The van der Waals surface area contributed by atoms with Crippen LogP contribution in [0.1, 0.15) is 56.1 Å². The second kappa shape index (κ2) is 12.6. The predicted octanol–water partition coefficient (Wildman–Crippen LogP) is 4.48. The average Bonchev–Trinajstić information content (AvgIpc) is 2.91. The molecule has 0 radical (unpaired) electrons. The lowest BCUT2D eigenvalue weighted by Gasteiger charge is -2.32. The quantitative estimate of drug-likeness (QED) is 0.301. The van der Waals surface area contributed by atoms with Crippen molar-refractivity contribution in [1.82, 2.24) is 15.5 Å². The van der Waals surface area contributed by atoms with Gasteiger partial charge in [-0.3, -0.25) is 0 Å². The number of aliphatic carboxylic acids is 2. The molecular weight excluding hydrogens is 496 g/mol. The van der Waals surface area contributed by atoms with Gasteiger partial charge in [-0.15, -0.1) is 0 Å². The van der Waals surface area contributed by atoms with Gasteiger partial charge in [-0.25, -0.2) is 14.4 Å². The van der Waals surface area contributed by atoms with E-state index in [0.717, 1.165) is 38.9 Å². The molecule has 2 aromatic carbocycles. The van der Waals surface area contributed by atoms with Crippen LogP contribution in [0, 0.1) is 0 Å². The molecule has 39 heavy (non-hydrogen) atoms. The molecule has 0 spiro atoms. The third-order valence-electron chi connectivity index (χ3n) is 7.49. The van der Waals surface area contributed by atoms with Crippen molar-refractivity contribution in [3.8, 4) is 0 Å². The van der Waals surface area contributed by atoms with Crippen molar-refractivity contribution in [2.75, 3.05) is 31.5 Å². The number of benzene rings is 2. The van der Waals surface area contributed by atoms with Gasteiger partial charge in [0, 0.05) is 23.6 Å². The van der Waals surface area contributed by atoms with Gasteiger partial charge in [0.15, 0.2) is 0 Å². The summed E-state index contributed by atoms with van der Waals surface area (Å²) in [7, 11) is 0. The third-order valence-corrected chi connectivity index (χ3v) is 7.49. The summed E-state index contributed by atoms with van der Waals surface area (Å²) in [6.45, 7) is 6.76. The van der Waals surface area contributed by atoms with Gasteiger partial charge < -0.3 is 31.1 Å². The second-order valence-electron chi connectivity index (χ2n) is 10.1. The molecule has 0 bridgehead atoms. The largest absolute Gasteiger partial charge is 0.478 e. The van der Waals surface area contributed by atoms with Crippen LogP contribution in [0.2, 0.25) is 0 Å². The molecule has 1 fully saturated rings. The molecule has 0 atom stereocenters. The van der Waals surface area contributed by atoms with Gasteiger partial charge in [0.1, 0.15) is 0 Å². The summed E-state index contributed by atoms with van der Waals surface area (Å²) >= 11 is 0. The fourth-order valence-electron chi connectivity index (χ4n) is 5.59. The number of hydrogen-bond acceptors (Lipinski definition) is 5. The standard InChI is InChI=1S/C30H36N4O5/c1-19-25(28(35)36)27(26(29(37)38)20(2)32-19)23-10-6-11-24(18-23)33-30(39)31-14-7-15-34-16-12-22(13-17-34)21-8-4-3-5-9-21/h3-6,8-11,18,22,27,32H,7,12-17H2,1-2H3,(H,35,36)(H,37,38)(H2,31,33,39). The summed E-state index contributed by atoms with van der Waals surface area (Å²) < 4.78 is 0. The number of carboxylic acids is 2. The fraction of sp³-hybridized carbons (Fsp3) is 0.367. The molecule has 0 aliphatic carbocycles. The summed E-state index contributed by atoms with van der Waals surface area (Å²) in [5.41, 5.74) is 3.04. The van der Waals surface area contributed by atoms with Gasteiger partial charge in [0.2, 0.25) is 0 Å². The van der Waals surface area contributed by atoms with E-state index in [0.29, 0.717) is 35.1 Å². The first-order valence-electron chi connectivity index (χ1n) is 13.3. The minimum atomic E-state index is -1.20. The van der Waals surface area contributed by atoms with Crippen LogP contribution in [-0.4, -0.2) is 59.3 Å². The van der Waals surface area contributed by atoms with Crippen LogP contribution in [0.15, 0.2) is 77.1 Å². The number of allylic oxidation sites excluding steroid dienone is 2. The summed E-state index contributed by atoms with van der Waals surface area (Å²) in [5.74, 6) is -2.76. The zero-order valence-corrected chi connectivity index (χ0v) is 22.4. The molecule has 1 saturated heterocycles. The maximum atomic E-state index is 12.5. The zero-order chi connectivity index (χ0) is 27.9. The number of carbonyl (C=O) groups is 3. The highest BCUT2D eigenvalue weighted by Gasteiger charge is 2.36. The first kappa shape index (κ1) is 27.9. The van der Waals surface area contributed by atoms with E-state index >= 15 is 0 Å². The van der Waals surface area contributed by atoms with Crippen molar-refractivity contribution < 1.29 is 24.6 Å². The van der Waals surface area contributed by atoms with Crippen molar-refractivity contribution in [1.29, 1.82) is 0 Å². The van der Waals surface area contributed by atoms with E-state index < -0.39 is 17.9 Å². The highest BCUT2D eigenvalue weighted by atomic mass is 16.4. The Labute approximate surface area is 228 Å². The Hall–Kier alpha value is -4.11.